The van der Waals surface area contributed by atoms with Gasteiger partial charge in [0.25, 0.3) is 0 Å². The van der Waals surface area contributed by atoms with Gasteiger partial charge in [-0.1, -0.05) is 20.3 Å². The second-order valence-corrected chi connectivity index (χ2v) is 5.53. The van der Waals surface area contributed by atoms with Gasteiger partial charge in [-0.25, -0.2) is 14.1 Å². The largest absolute Gasteiger partial charge is 0.311 e. The number of rotatable bonds is 5. The van der Waals surface area contributed by atoms with Crippen LogP contribution in [0.2, 0.25) is 0 Å². The zero-order chi connectivity index (χ0) is 13.0. The van der Waals surface area contributed by atoms with Crippen LogP contribution in [0.1, 0.15) is 38.9 Å². The van der Waals surface area contributed by atoms with Crippen molar-refractivity contribution in [1.82, 2.24) is 20.1 Å². The number of alkyl halides is 1. The van der Waals surface area contributed by atoms with Crippen molar-refractivity contribution >= 4 is 0 Å². The molecule has 2 unspecified atom stereocenters. The van der Waals surface area contributed by atoms with Crippen LogP contribution in [0.15, 0.2) is 6.33 Å². The molecule has 1 N–H and O–H groups in total. The van der Waals surface area contributed by atoms with Crippen LogP contribution in [-0.4, -0.2) is 33.5 Å². The zero-order valence-corrected chi connectivity index (χ0v) is 11.3. The Labute approximate surface area is 108 Å². The second-order valence-electron chi connectivity index (χ2n) is 5.53. The Kier molecular flexibility index (Phi) is 4.69. The predicted molar refractivity (Wildman–Crippen MR) is 69.1 cm³/mol. The maximum Gasteiger partial charge on any atom is 0.138 e. The van der Waals surface area contributed by atoms with Crippen molar-refractivity contribution in [3.63, 3.8) is 0 Å². The van der Waals surface area contributed by atoms with Crippen LogP contribution < -0.4 is 5.32 Å². The van der Waals surface area contributed by atoms with E-state index in [-0.39, 0.29) is 6.04 Å². The molecule has 0 bridgehead atoms. The maximum atomic E-state index is 14.2. The number of hydrogen-bond donors (Lipinski definition) is 1. The van der Waals surface area contributed by atoms with Crippen molar-refractivity contribution < 1.29 is 4.39 Å². The molecule has 1 aromatic rings. The maximum absolute atomic E-state index is 14.2. The third kappa shape index (κ3) is 3.51. The van der Waals surface area contributed by atoms with E-state index >= 15 is 0 Å². The van der Waals surface area contributed by atoms with E-state index in [1.807, 2.05) is 4.68 Å². The lowest BCUT2D eigenvalue weighted by Gasteiger charge is -2.26. The van der Waals surface area contributed by atoms with E-state index in [0.717, 1.165) is 38.2 Å². The van der Waals surface area contributed by atoms with E-state index < -0.39 is 6.17 Å². The van der Waals surface area contributed by atoms with Crippen molar-refractivity contribution in [3.8, 4) is 0 Å². The Hall–Kier alpha value is -0.970. The summed E-state index contributed by atoms with van der Waals surface area (Å²) in [6, 6.07) is -0.0112. The first-order valence-corrected chi connectivity index (χ1v) is 6.91. The average molecular weight is 254 g/mol. The summed E-state index contributed by atoms with van der Waals surface area (Å²) in [5, 5.41) is 7.43. The third-order valence-corrected chi connectivity index (χ3v) is 3.40. The average Bonchev–Trinajstić information content (AvgIpc) is 2.77. The molecule has 1 saturated heterocycles. The van der Waals surface area contributed by atoms with Crippen molar-refractivity contribution in [2.45, 2.75) is 58.3 Å². The number of nitrogens with zero attached hydrogens (tertiary/aromatic N) is 3. The van der Waals surface area contributed by atoms with Gasteiger partial charge in [-0.15, -0.1) is 0 Å². The number of aromatic nitrogens is 3. The first-order valence-electron chi connectivity index (χ1n) is 6.91. The lowest BCUT2D eigenvalue weighted by atomic mass is 9.99. The monoisotopic (exact) mass is 254 g/mol. The smallest absolute Gasteiger partial charge is 0.138 e. The van der Waals surface area contributed by atoms with Gasteiger partial charge in [0.1, 0.15) is 18.3 Å². The molecule has 1 aromatic heterocycles. The predicted octanol–water partition coefficient (Wildman–Crippen LogP) is 1.96. The summed E-state index contributed by atoms with van der Waals surface area (Å²) in [5.41, 5.74) is 0. The molecular formula is C13H23FN4. The van der Waals surface area contributed by atoms with Crippen LogP contribution in [0.4, 0.5) is 4.39 Å². The van der Waals surface area contributed by atoms with Crippen molar-refractivity contribution in [2.75, 3.05) is 6.54 Å². The highest BCUT2D eigenvalue weighted by atomic mass is 19.1. The van der Waals surface area contributed by atoms with Crippen LogP contribution in [0, 0.1) is 5.92 Å². The first-order chi connectivity index (χ1) is 8.66. The van der Waals surface area contributed by atoms with Crippen LogP contribution in [0.3, 0.4) is 0 Å². The second kappa shape index (κ2) is 6.27. The molecule has 4 nitrogen and oxygen atoms in total. The Balaban J connectivity index is 1.93. The molecule has 1 aliphatic rings. The summed E-state index contributed by atoms with van der Waals surface area (Å²) in [7, 11) is 0. The third-order valence-electron chi connectivity index (χ3n) is 3.40. The standard InChI is InChI=1S/C13H23FN4/c1-10(2)8-18-13(16-9-17-18)7-11(14)12-5-3-4-6-15-12/h9-12,15H,3-8H2,1-2H3. The van der Waals surface area contributed by atoms with E-state index in [1.165, 1.54) is 6.33 Å². The molecule has 1 fully saturated rings. The quantitative estimate of drug-likeness (QED) is 0.873. The molecule has 2 heterocycles. The SMILES string of the molecule is CC(C)Cn1ncnc1CC(F)C1CCCCN1. The van der Waals surface area contributed by atoms with Gasteiger partial charge in [0.2, 0.25) is 0 Å². The van der Waals surface area contributed by atoms with E-state index in [2.05, 4.69) is 29.2 Å². The summed E-state index contributed by atoms with van der Waals surface area (Å²) < 4.78 is 16.1. The number of piperidine rings is 1. The van der Waals surface area contributed by atoms with Gasteiger partial charge in [-0.2, -0.15) is 5.10 Å². The lowest BCUT2D eigenvalue weighted by Crippen LogP contribution is -2.42. The molecule has 2 atom stereocenters. The van der Waals surface area contributed by atoms with E-state index in [4.69, 9.17) is 0 Å². The number of nitrogens with one attached hydrogen (secondary N) is 1. The van der Waals surface area contributed by atoms with Gasteiger partial charge >= 0.3 is 0 Å². The molecule has 0 aliphatic carbocycles. The molecule has 0 spiro atoms. The Bertz CT molecular complexity index is 358. The minimum atomic E-state index is -0.861. The van der Waals surface area contributed by atoms with Crippen molar-refractivity contribution in [2.24, 2.45) is 5.92 Å². The molecular weight excluding hydrogens is 231 g/mol. The van der Waals surface area contributed by atoms with Crippen molar-refractivity contribution in [3.05, 3.63) is 12.2 Å². The summed E-state index contributed by atoms with van der Waals surface area (Å²) in [5.74, 6) is 1.26. The molecule has 1 aliphatic heterocycles. The van der Waals surface area contributed by atoms with Crippen LogP contribution in [0.25, 0.3) is 0 Å². The summed E-state index contributed by atoms with van der Waals surface area (Å²) >= 11 is 0. The number of halogens is 1. The van der Waals surface area contributed by atoms with Gasteiger partial charge in [0.15, 0.2) is 0 Å². The fourth-order valence-electron chi connectivity index (χ4n) is 2.45. The molecule has 0 saturated carbocycles. The highest BCUT2D eigenvalue weighted by Crippen LogP contribution is 2.16. The Morgan fingerprint density at radius 1 is 1.50 bits per heavy atom. The van der Waals surface area contributed by atoms with Gasteiger partial charge in [0.05, 0.1) is 0 Å². The fraction of sp³-hybridized carbons (Fsp3) is 0.846. The lowest BCUT2D eigenvalue weighted by molar-refractivity contribution is 0.212. The van der Waals surface area contributed by atoms with Gasteiger partial charge < -0.3 is 5.32 Å². The van der Waals surface area contributed by atoms with Crippen LogP contribution >= 0.6 is 0 Å². The molecule has 0 aromatic carbocycles. The molecule has 5 heteroatoms. The highest BCUT2D eigenvalue weighted by Gasteiger charge is 2.24. The van der Waals surface area contributed by atoms with Gasteiger partial charge in [-0.05, 0) is 25.3 Å². The Morgan fingerprint density at radius 2 is 2.33 bits per heavy atom. The Morgan fingerprint density at radius 3 is 3.00 bits per heavy atom. The van der Waals surface area contributed by atoms with Gasteiger partial charge in [0, 0.05) is 19.0 Å². The fourth-order valence-corrected chi connectivity index (χ4v) is 2.45. The van der Waals surface area contributed by atoms with Gasteiger partial charge in [-0.3, -0.25) is 0 Å². The molecule has 18 heavy (non-hydrogen) atoms. The molecule has 2 rings (SSSR count). The van der Waals surface area contributed by atoms with E-state index in [9.17, 15) is 4.39 Å². The topological polar surface area (TPSA) is 42.7 Å². The summed E-state index contributed by atoms with van der Waals surface area (Å²) in [6.45, 7) is 5.99. The zero-order valence-electron chi connectivity index (χ0n) is 11.3. The molecule has 102 valence electrons. The van der Waals surface area contributed by atoms with Crippen LogP contribution in [0.5, 0.6) is 0 Å². The number of hydrogen-bond acceptors (Lipinski definition) is 3. The first kappa shape index (κ1) is 13.5. The van der Waals surface area contributed by atoms with Crippen molar-refractivity contribution in [1.29, 1.82) is 0 Å². The molecule has 0 amide bonds. The highest BCUT2D eigenvalue weighted by molar-refractivity contribution is 4.92. The minimum Gasteiger partial charge on any atom is -0.311 e. The van der Waals surface area contributed by atoms with E-state index in [1.54, 1.807) is 0 Å². The van der Waals surface area contributed by atoms with Crippen LogP contribution in [-0.2, 0) is 13.0 Å². The minimum absolute atomic E-state index is 0.0112. The summed E-state index contributed by atoms with van der Waals surface area (Å²) in [4.78, 5) is 4.19. The molecule has 0 radical (unpaired) electrons. The normalized spacial score (nSPS) is 22.3. The summed E-state index contributed by atoms with van der Waals surface area (Å²) in [6.07, 6.45) is 4.24. The van der Waals surface area contributed by atoms with E-state index in [0.29, 0.717) is 12.3 Å².